The number of rotatable bonds is 7. The van der Waals surface area contributed by atoms with Crippen LogP contribution in [0.4, 0.5) is 0 Å². The number of carbonyl (C=O) groups is 1. The lowest BCUT2D eigenvalue weighted by molar-refractivity contribution is -0.163. The van der Waals surface area contributed by atoms with Crippen molar-refractivity contribution in [1.82, 2.24) is 5.32 Å². The van der Waals surface area contributed by atoms with E-state index in [1.165, 1.54) is 0 Å². The monoisotopic (exact) mass is 401 g/mol. The second-order valence-electron chi connectivity index (χ2n) is 7.68. The van der Waals surface area contributed by atoms with Gasteiger partial charge in [-0.15, -0.1) is 0 Å². The molecule has 4 rings (SSSR count). The van der Waals surface area contributed by atoms with E-state index in [4.69, 9.17) is 9.47 Å². The molecule has 0 atom stereocenters. The molecular weight excluding hydrogens is 374 g/mol. The third-order valence-electron chi connectivity index (χ3n) is 5.54. The van der Waals surface area contributed by atoms with Crippen LogP contribution in [-0.2, 0) is 28.2 Å². The summed E-state index contributed by atoms with van der Waals surface area (Å²) in [5, 5.41) is 3.36. The summed E-state index contributed by atoms with van der Waals surface area (Å²) in [5.41, 5.74) is 2.58. The highest BCUT2D eigenvalue weighted by atomic mass is 16.6. The van der Waals surface area contributed by atoms with E-state index in [2.05, 4.69) is 17.4 Å². The molecule has 30 heavy (non-hydrogen) atoms. The van der Waals surface area contributed by atoms with Gasteiger partial charge in [0.1, 0.15) is 18.0 Å². The molecule has 3 aromatic carbocycles. The van der Waals surface area contributed by atoms with Gasteiger partial charge in [-0.3, -0.25) is 4.79 Å². The van der Waals surface area contributed by atoms with Crippen LogP contribution in [0.5, 0.6) is 5.75 Å². The second-order valence-corrected chi connectivity index (χ2v) is 7.68. The molecule has 4 heteroatoms. The molecule has 1 aliphatic rings. The van der Waals surface area contributed by atoms with Crippen LogP contribution in [0.25, 0.3) is 0 Å². The molecular formula is C26H27NO3. The van der Waals surface area contributed by atoms with Crippen molar-refractivity contribution in [2.24, 2.45) is 0 Å². The lowest BCUT2D eigenvalue weighted by Crippen LogP contribution is -2.43. The summed E-state index contributed by atoms with van der Waals surface area (Å²) in [6.45, 7) is 2.21. The Morgan fingerprint density at radius 2 is 1.43 bits per heavy atom. The highest BCUT2D eigenvalue weighted by Gasteiger charge is 2.37. The van der Waals surface area contributed by atoms with Crippen LogP contribution >= 0.6 is 0 Å². The van der Waals surface area contributed by atoms with Crippen molar-refractivity contribution in [3.8, 4) is 5.75 Å². The molecule has 1 fully saturated rings. The van der Waals surface area contributed by atoms with E-state index in [-0.39, 0.29) is 12.4 Å². The number of hydrogen-bond donors (Lipinski definition) is 1. The summed E-state index contributed by atoms with van der Waals surface area (Å²) >= 11 is 0. The molecule has 0 bridgehead atoms. The fourth-order valence-corrected chi connectivity index (χ4v) is 3.89. The molecule has 0 aromatic heterocycles. The zero-order chi connectivity index (χ0) is 20.7. The zero-order valence-electron chi connectivity index (χ0n) is 17.1. The lowest BCUT2D eigenvalue weighted by atomic mass is 9.84. The summed E-state index contributed by atoms with van der Waals surface area (Å²) < 4.78 is 11.9. The topological polar surface area (TPSA) is 47.6 Å². The van der Waals surface area contributed by atoms with E-state index < -0.39 is 5.60 Å². The number of esters is 1. The first kappa shape index (κ1) is 20.2. The van der Waals surface area contributed by atoms with E-state index in [9.17, 15) is 4.79 Å². The van der Waals surface area contributed by atoms with Crippen LogP contribution in [-0.4, -0.2) is 19.1 Å². The van der Waals surface area contributed by atoms with Gasteiger partial charge >= 0.3 is 5.97 Å². The number of carbonyl (C=O) groups excluding carboxylic acids is 1. The van der Waals surface area contributed by atoms with E-state index in [1.807, 2.05) is 72.8 Å². The Labute approximate surface area is 177 Å². The largest absolute Gasteiger partial charge is 0.489 e. The molecule has 1 aliphatic heterocycles. The zero-order valence-corrected chi connectivity index (χ0v) is 17.1. The number of benzene rings is 3. The maximum atomic E-state index is 12.8. The van der Waals surface area contributed by atoms with Gasteiger partial charge in [-0.25, -0.2) is 0 Å². The molecule has 3 aromatic rings. The molecule has 1 saturated heterocycles. The lowest BCUT2D eigenvalue weighted by Gasteiger charge is -2.37. The molecule has 0 saturated carbocycles. The maximum absolute atomic E-state index is 12.8. The third kappa shape index (κ3) is 5.08. The van der Waals surface area contributed by atoms with E-state index in [0.29, 0.717) is 6.61 Å². The van der Waals surface area contributed by atoms with Crippen molar-refractivity contribution < 1.29 is 14.3 Å². The van der Waals surface area contributed by atoms with Crippen molar-refractivity contribution >= 4 is 5.97 Å². The van der Waals surface area contributed by atoms with Crippen molar-refractivity contribution in [1.29, 1.82) is 0 Å². The van der Waals surface area contributed by atoms with E-state index in [0.717, 1.165) is 48.4 Å². The van der Waals surface area contributed by atoms with Gasteiger partial charge in [0.25, 0.3) is 0 Å². The van der Waals surface area contributed by atoms with Crippen LogP contribution in [0.15, 0.2) is 84.9 Å². The van der Waals surface area contributed by atoms with E-state index in [1.54, 1.807) is 0 Å². The summed E-state index contributed by atoms with van der Waals surface area (Å²) in [6.07, 6.45) is 1.82. The summed E-state index contributed by atoms with van der Waals surface area (Å²) in [4.78, 5) is 12.8. The van der Waals surface area contributed by atoms with Gasteiger partial charge < -0.3 is 14.8 Å². The summed E-state index contributed by atoms with van der Waals surface area (Å²) in [7, 11) is 0. The fraction of sp³-hybridized carbons (Fsp3) is 0.269. The smallest absolute Gasteiger partial charge is 0.311 e. The van der Waals surface area contributed by atoms with Crippen molar-refractivity contribution in [3.63, 3.8) is 0 Å². The van der Waals surface area contributed by atoms with Crippen LogP contribution < -0.4 is 10.1 Å². The minimum Gasteiger partial charge on any atom is -0.489 e. The second kappa shape index (κ2) is 9.59. The Morgan fingerprint density at radius 3 is 2.10 bits per heavy atom. The van der Waals surface area contributed by atoms with Crippen LogP contribution in [0.1, 0.15) is 29.5 Å². The maximum Gasteiger partial charge on any atom is 0.311 e. The van der Waals surface area contributed by atoms with Crippen LogP contribution in [0.2, 0.25) is 0 Å². The standard InChI is InChI=1S/C26H27NO3/c28-25(30-26(15-17-27-18-16-26)23-9-5-2-6-10-23)19-21-11-13-24(14-12-21)29-20-22-7-3-1-4-8-22/h1-14,27H,15-20H2. The molecule has 0 amide bonds. The fourth-order valence-electron chi connectivity index (χ4n) is 3.89. The molecule has 1 N–H and O–H groups in total. The normalized spacial score (nSPS) is 15.3. The quantitative estimate of drug-likeness (QED) is 0.587. The van der Waals surface area contributed by atoms with Gasteiger partial charge in [-0.1, -0.05) is 72.8 Å². The minimum absolute atomic E-state index is 0.196. The Morgan fingerprint density at radius 1 is 0.800 bits per heavy atom. The average Bonchev–Trinajstić information content (AvgIpc) is 2.80. The number of nitrogens with one attached hydrogen (secondary N) is 1. The molecule has 154 valence electrons. The first-order chi connectivity index (χ1) is 14.7. The Hall–Kier alpha value is -3.11. The minimum atomic E-state index is -0.539. The summed E-state index contributed by atoms with van der Waals surface area (Å²) in [6, 6.07) is 27.8. The van der Waals surface area contributed by atoms with Gasteiger partial charge in [0, 0.05) is 12.8 Å². The van der Waals surface area contributed by atoms with Crippen molar-refractivity contribution in [3.05, 3.63) is 102 Å². The van der Waals surface area contributed by atoms with Gasteiger partial charge in [0.05, 0.1) is 6.42 Å². The van der Waals surface area contributed by atoms with Gasteiger partial charge in [0.2, 0.25) is 0 Å². The molecule has 4 nitrogen and oxygen atoms in total. The third-order valence-corrected chi connectivity index (χ3v) is 5.54. The SMILES string of the molecule is O=C(Cc1ccc(OCc2ccccc2)cc1)OC1(c2ccccc2)CCNCC1. The Bertz CT molecular complexity index is 933. The predicted octanol–water partition coefficient (Wildman–Crippen LogP) is 4.63. The predicted molar refractivity (Wildman–Crippen MR) is 117 cm³/mol. The summed E-state index contributed by atoms with van der Waals surface area (Å²) in [5.74, 6) is 0.591. The highest BCUT2D eigenvalue weighted by molar-refractivity contribution is 5.73. The molecule has 0 unspecified atom stereocenters. The first-order valence-electron chi connectivity index (χ1n) is 10.5. The van der Waals surface area contributed by atoms with Gasteiger partial charge in [0.15, 0.2) is 0 Å². The molecule has 0 radical (unpaired) electrons. The number of ether oxygens (including phenoxy) is 2. The van der Waals surface area contributed by atoms with Crippen molar-refractivity contribution in [2.45, 2.75) is 31.5 Å². The molecule has 0 spiro atoms. The van der Waals surface area contributed by atoms with Gasteiger partial charge in [-0.05, 0) is 41.9 Å². The Balaban J connectivity index is 1.37. The average molecular weight is 402 g/mol. The highest BCUT2D eigenvalue weighted by Crippen LogP contribution is 2.35. The van der Waals surface area contributed by atoms with Gasteiger partial charge in [-0.2, -0.15) is 0 Å². The van der Waals surface area contributed by atoms with Crippen LogP contribution in [0, 0.1) is 0 Å². The van der Waals surface area contributed by atoms with Crippen molar-refractivity contribution in [2.75, 3.05) is 13.1 Å². The first-order valence-corrected chi connectivity index (χ1v) is 10.5. The number of piperidine rings is 1. The molecule has 0 aliphatic carbocycles. The van der Waals surface area contributed by atoms with E-state index >= 15 is 0 Å². The van der Waals surface area contributed by atoms with Crippen LogP contribution in [0.3, 0.4) is 0 Å². The Kier molecular flexibility index (Phi) is 6.45. The number of hydrogen-bond acceptors (Lipinski definition) is 4. The molecule has 1 heterocycles.